The van der Waals surface area contributed by atoms with Crippen molar-refractivity contribution in [3.05, 3.63) is 239 Å². The average molecular weight is 680 g/mol. The van der Waals surface area contributed by atoms with Gasteiger partial charge < -0.3 is 9.90 Å². The van der Waals surface area contributed by atoms with Crippen molar-refractivity contribution >= 4 is 23.3 Å². The second-order valence-corrected chi connectivity index (χ2v) is 11.7. The molecule has 5 heteroatoms. The van der Waals surface area contributed by atoms with Crippen molar-refractivity contribution in [2.24, 2.45) is 0 Å². The van der Waals surface area contributed by atoms with Gasteiger partial charge >= 0.3 is 0 Å². The summed E-state index contributed by atoms with van der Waals surface area (Å²) in [5.41, 5.74) is 6.80. The molecule has 52 heavy (non-hydrogen) atoms. The van der Waals surface area contributed by atoms with Crippen LogP contribution in [0.15, 0.2) is 194 Å². The van der Waals surface area contributed by atoms with E-state index in [4.69, 9.17) is 0 Å². The first-order valence-electron chi connectivity index (χ1n) is 16.6. The summed E-state index contributed by atoms with van der Waals surface area (Å²) in [7, 11) is 0. The van der Waals surface area contributed by atoms with Crippen LogP contribution in [0.3, 0.4) is 0 Å². The van der Waals surface area contributed by atoms with Crippen LogP contribution in [0.1, 0.15) is 63.7 Å². The fraction of sp³-hybridized carbons (Fsp3) is 0.0213. The molecule has 0 unspecified atom stereocenters. The van der Waals surface area contributed by atoms with Crippen molar-refractivity contribution < 1.29 is 24.3 Å². The van der Waals surface area contributed by atoms with Crippen molar-refractivity contribution in [2.75, 3.05) is 0 Å². The van der Waals surface area contributed by atoms with Gasteiger partial charge in [0.25, 0.3) is 0 Å². The van der Waals surface area contributed by atoms with Crippen LogP contribution in [-0.2, 0) is 0 Å². The molecule has 0 spiro atoms. The van der Waals surface area contributed by atoms with Crippen LogP contribution in [0.4, 0.5) is 0 Å². The molecule has 0 heterocycles. The molecule has 0 aromatic heterocycles. The Morgan fingerprint density at radius 3 is 1.10 bits per heavy atom. The molecule has 0 N–H and O–H groups in total. The average Bonchev–Trinajstić information content (AvgIpc) is 3.22. The van der Waals surface area contributed by atoms with E-state index < -0.39 is 5.97 Å². The zero-order valence-electron chi connectivity index (χ0n) is 28.5. The highest BCUT2D eigenvalue weighted by molar-refractivity contribution is 6.14. The number of aryl methyl sites for hydroxylation is 1. The Morgan fingerprint density at radius 1 is 0.346 bits per heavy atom. The second kappa shape index (κ2) is 18.1. The molecule has 0 saturated carbocycles. The zero-order valence-corrected chi connectivity index (χ0v) is 28.5. The molecule has 5 nitrogen and oxygen atoms in total. The lowest BCUT2D eigenvalue weighted by molar-refractivity contribution is -0.255. The summed E-state index contributed by atoms with van der Waals surface area (Å²) >= 11 is 0. The van der Waals surface area contributed by atoms with Gasteiger partial charge in [-0.1, -0.05) is 194 Å². The monoisotopic (exact) mass is 679 g/mol. The van der Waals surface area contributed by atoms with Crippen LogP contribution in [0.5, 0.6) is 0 Å². The number of carboxylic acids is 1. The number of hydrogen-bond acceptors (Lipinski definition) is 5. The number of carbonyl (C=O) groups is 4. The number of carbonyl (C=O) groups excluding carboxylic acids is 4. The molecule has 7 aromatic carbocycles. The van der Waals surface area contributed by atoms with Gasteiger partial charge in [0.05, 0.1) is 5.97 Å². The van der Waals surface area contributed by atoms with Crippen molar-refractivity contribution in [3.63, 3.8) is 0 Å². The first-order chi connectivity index (χ1) is 25.3. The van der Waals surface area contributed by atoms with E-state index in [-0.39, 0.29) is 28.5 Å². The molecule has 0 fully saturated rings. The molecule has 0 saturated heterocycles. The second-order valence-electron chi connectivity index (χ2n) is 11.7. The molecular weight excluding hydrogens is 645 g/mol. The highest BCUT2D eigenvalue weighted by Crippen LogP contribution is 2.23. The zero-order chi connectivity index (χ0) is 36.7. The molecule has 0 atom stereocenters. The molecule has 254 valence electrons. The van der Waals surface area contributed by atoms with Crippen LogP contribution in [0.2, 0.25) is 0 Å². The summed E-state index contributed by atoms with van der Waals surface area (Å²) in [5, 5.41) is 10.9. The number of ketones is 3. The third-order valence-corrected chi connectivity index (χ3v) is 8.11. The van der Waals surface area contributed by atoms with Gasteiger partial charge in [-0.05, 0) is 23.6 Å². The van der Waals surface area contributed by atoms with Gasteiger partial charge in [0.2, 0.25) is 0 Å². The Morgan fingerprint density at radius 2 is 0.692 bits per heavy atom. The Labute approximate surface area is 303 Å². The van der Waals surface area contributed by atoms with Gasteiger partial charge in [-0.3, -0.25) is 14.4 Å². The summed E-state index contributed by atoms with van der Waals surface area (Å²) in [6, 6.07) is 58.8. The minimum atomic E-state index is -1.34. The Hall–Kier alpha value is -6.98. The minimum Gasteiger partial charge on any atom is -0.545 e. The highest BCUT2D eigenvalue weighted by atomic mass is 16.4. The van der Waals surface area contributed by atoms with Crippen molar-refractivity contribution in [3.8, 4) is 11.1 Å². The fourth-order valence-corrected chi connectivity index (χ4v) is 5.42. The van der Waals surface area contributed by atoms with Gasteiger partial charge in [-0.25, -0.2) is 0 Å². The van der Waals surface area contributed by atoms with E-state index in [0.29, 0.717) is 5.56 Å². The van der Waals surface area contributed by atoms with Gasteiger partial charge in [0.15, 0.2) is 17.3 Å². The molecule has 0 amide bonds. The van der Waals surface area contributed by atoms with E-state index in [9.17, 15) is 24.3 Å². The van der Waals surface area contributed by atoms with E-state index in [1.54, 1.807) is 42.5 Å². The normalized spacial score (nSPS) is 10.0. The van der Waals surface area contributed by atoms with Crippen LogP contribution < -0.4 is 5.11 Å². The number of rotatable bonds is 8. The molecular formula is C47H35O5-. The maximum absolute atomic E-state index is 12.5. The van der Waals surface area contributed by atoms with Gasteiger partial charge in [0.1, 0.15) is 0 Å². The highest BCUT2D eigenvalue weighted by Gasteiger charge is 2.14. The van der Waals surface area contributed by atoms with Crippen molar-refractivity contribution in [1.29, 1.82) is 0 Å². The lowest BCUT2D eigenvalue weighted by Crippen LogP contribution is -2.25. The Balaban J connectivity index is 0.000000154. The SMILES string of the molecule is Cc1cc(-c2ccccc2)ccc1C(=O)c1ccccc1.O=C([O-])c1ccccc1C(=O)c1ccccc1.O=C(c1ccccc1)c1ccccc1. The maximum atomic E-state index is 12.5. The van der Waals surface area contributed by atoms with Crippen LogP contribution >= 0.6 is 0 Å². The summed E-state index contributed by atoms with van der Waals surface area (Å²) in [6.07, 6.45) is 0. The molecule has 7 aromatic rings. The molecule has 0 aliphatic rings. The number of hydrogen-bond donors (Lipinski definition) is 0. The summed E-state index contributed by atoms with van der Waals surface area (Å²) < 4.78 is 0. The number of benzene rings is 7. The molecule has 0 aliphatic carbocycles. The van der Waals surface area contributed by atoms with Crippen LogP contribution in [0, 0.1) is 6.92 Å². The van der Waals surface area contributed by atoms with E-state index in [1.165, 1.54) is 17.7 Å². The molecule has 7 rings (SSSR count). The number of carboxylic acid groups (broad SMARTS) is 1. The van der Waals surface area contributed by atoms with E-state index in [1.807, 2.05) is 128 Å². The van der Waals surface area contributed by atoms with E-state index in [0.717, 1.165) is 33.4 Å². The van der Waals surface area contributed by atoms with Crippen LogP contribution in [0.25, 0.3) is 11.1 Å². The third kappa shape index (κ3) is 9.59. The Kier molecular flexibility index (Phi) is 12.7. The molecule has 0 bridgehead atoms. The molecule has 0 radical (unpaired) electrons. The minimum absolute atomic E-state index is 0.0752. The Bertz CT molecular complexity index is 2210. The molecule has 0 aliphatic heterocycles. The van der Waals surface area contributed by atoms with Gasteiger partial charge in [-0.2, -0.15) is 0 Å². The van der Waals surface area contributed by atoms with Crippen molar-refractivity contribution in [1.82, 2.24) is 0 Å². The predicted molar refractivity (Wildman–Crippen MR) is 203 cm³/mol. The first-order valence-corrected chi connectivity index (χ1v) is 16.6. The predicted octanol–water partition coefficient (Wildman–Crippen LogP) is 9.09. The first kappa shape index (κ1) is 36.3. The summed E-state index contributed by atoms with van der Waals surface area (Å²) in [5.74, 6) is -1.51. The van der Waals surface area contributed by atoms with Gasteiger partial charge in [-0.15, -0.1) is 0 Å². The standard InChI is InChI=1S/C20H16O.C14H10O3.C13H10O/c1-15-14-18(16-8-4-2-5-9-16)12-13-19(15)20(21)17-10-6-3-7-11-17;15-13(10-6-2-1-3-7-10)11-8-4-5-9-12(11)14(16)17;14-13(11-7-3-1-4-8-11)12-9-5-2-6-10-12/h2-14H,1H3;1-9H,(H,16,17);1-10H/p-1. The largest absolute Gasteiger partial charge is 0.545 e. The van der Waals surface area contributed by atoms with E-state index >= 15 is 0 Å². The van der Waals surface area contributed by atoms with Crippen LogP contribution in [-0.4, -0.2) is 23.3 Å². The lowest BCUT2D eigenvalue weighted by Gasteiger charge is -2.08. The summed E-state index contributed by atoms with van der Waals surface area (Å²) in [4.78, 5) is 47.3. The third-order valence-electron chi connectivity index (χ3n) is 8.11. The summed E-state index contributed by atoms with van der Waals surface area (Å²) in [6.45, 7) is 1.99. The number of aromatic carboxylic acids is 1. The van der Waals surface area contributed by atoms with Crippen molar-refractivity contribution in [2.45, 2.75) is 6.92 Å². The smallest absolute Gasteiger partial charge is 0.193 e. The maximum Gasteiger partial charge on any atom is 0.193 e. The quantitative estimate of drug-likeness (QED) is 0.150. The van der Waals surface area contributed by atoms with E-state index in [2.05, 4.69) is 18.2 Å². The topological polar surface area (TPSA) is 91.3 Å². The fourth-order valence-electron chi connectivity index (χ4n) is 5.42. The lowest BCUT2D eigenvalue weighted by atomic mass is 9.95. The van der Waals surface area contributed by atoms with Gasteiger partial charge in [0, 0.05) is 38.9 Å².